The van der Waals surface area contributed by atoms with Gasteiger partial charge in [-0.3, -0.25) is 14.4 Å². The molecule has 1 atom stereocenters. The van der Waals surface area contributed by atoms with Crippen molar-refractivity contribution in [1.82, 2.24) is 0 Å². The van der Waals surface area contributed by atoms with Gasteiger partial charge in [0.15, 0.2) is 6.10 Å². The maximum absolute atomic E-state index is 12.8. The van der Waals surface area contributed by atoms with Crippen molar-refractivity contribution in [3.63, 3.8) is 0 Å². The van der Waals surface area contributed by atoms with Crippen LogP contribution in [0.2, 0.25) is 0 Å². The number of rotatable bonds is 49. The van der Waals surface area contributed by atoms with E-state index in [0.717, 1.165) is 122 Å². The van der Waals surface area contributed by atoms with E-state index in [4.69, 9.17) is 14.2 Å². The Kier molecular flexibility index (Phi) is 51.9. The molecule has 0 saturated heterocycles. The molecule has 0 fully saturated rings. The van der Waals surface area contributed by atoms with Crippen LogP contribution in [-0.2, 0) is 28.6 Å². The fraction of sp³-hybridized carbons (Fsp3) is 0.689. The minimum atomic E-state index is -0.783. The number of ether oxygens (including phenoxy) is 3. The zero-order valence-electron chi connectivity index (χ0n) is 43.6. The van der Waals surface area contributed by atoms with Gasteiger partial charge in [-0.15, -0.1) is 0 Å². The van der Waals surface area contributed by atoms with Crippen LogP contribution >= 0.6 is 0 Å². The highest BCUT2D eigenvalue weighted by molar-refractivity contribution is 5.71. The van der Waals surface area contributed by atoms with Gasteiger partial charge in [0.2, 0.25) is 0 Å². The summed E-state index contributed by atoms with van der Waals surface area (Å²) in [6.45, 7) is 6.47. The van der Waals surface area contributed by atoms with Gasteiger partial charge in [0, 0.05) is 19.3 Å². The Morgan fingerprint density at radius 1 is 0.313 bits per heavy atom. The molecule has 0 spiro atoms. The lowest BCUT2D eigenvalue weighted by molar-refractivity contribution is -0.167. The van der Waals surface area contributed by atoms with Crippen molar-refractivity contribution in [1.29, 1.82) is 0 Å². The molecule has 382 valence electrons. The third-order valence-electron chi connectivity index (χ3n) is 11.6. The van der Waals surface area contributed by atoms with E-state index in [-0.39, 0.29) is 31.1 Å². The molecule has 0 aliphatic carbocycles. The molecular weight excluding hydrogens is 829 g/mol. The van der Waals surface area contributed by atoms with E-state index in [1.54, 1.807) is 0 Å². The minimum absolute atomic E-state index is 0.0832. The predicted molar refractivity (Wildman–Crippen MR) is 288 cm³/mol. The lowest BCUT2D eigenvalue weighted by atomic mass is 10.0. The van der Waals surface area contributed by atoms with Gasteiger partial charge < -0.3 is 14.2 Å². The number of hydrogen-bond acceptors (Lipinski definition) is 6. The lowest BCUT2D eigenvalue weighted by Gasteiger charge is -2.18. The smallest absolute Gasteiger partial charge is 0.306 e. The number of carbonyl (C=O) groups is 3. The first-order chi connectivity index (χ1) is 33.0. The summed E-state index contributed by atoms with van der Waals surface area (Å²) in [5.41, 5.74) is 0. The summed E-state index contributed by atoms with van der Waals surface area (Å²) >= 11 is 0. The van der Waals surface area contributed by atoms with Crippen LogP contribution in [0.15, 0.2) is 97.2 Å². The Hall–Kier alpha value is -3.67. The summed E-state index contributed by atoms with van der Waals surface area (Å²) < 4.78 is 16.7. The molecule has 0 saturated carbocycles. The Morgan fingerprint density at radius 2 is 0.582 bits per heavy atom. The highest BCUT2D eigenvalue weighted by Gasteiger charge is 2.19. The molecule has 67 heavy (non-hydrogen) atoms. The van der Waals surface area contributed by atoms with Crippen molar-refractivity contribution in [3.8, 4) is 0 Å². The number of hydrogen-bond donors (Lipinski definition) is 0. The summed E-state index contributed by atoms with van der Waals surface area (Å²) in [5.74, 6) is -0.913. The lowest BCUT2D eigenvalue weighted by Crippen LogP contribution is -2.30. The first-order valence-electron chi connectivity index (χ1n) is 27.7. The zero-order valence-corrected chi connectivity index (χ0v) is 43.6. The third kappa shape index (κ3) is 53.2. The average Bonchev–Trinajstić information content (AvgIpc) is 3.33. The van der Waals surface area contributed by atoms with Gasteiger partial charge in [0.25, 0.3) is 0 Å². The van der Waals surface area contributed by atoms with Crippen molar-refractivity contribution < 1.29 is 28.6 Å². The average molecular weight is 931 g/mol. The first-order valence-corrected chi connectivity index (χ1v) is 27.7. The van der Waals surface area contributed by atoms with E-state index in [1.165, 1.54) is 89.9 Å². The molecule has 0 radical (unpaired) electrons. The van der Waals surface area contributed by atoms with Crippen LogP contribution in [0, 0.1) is 0 Å². The molecule has 0 aromatic carbocycles. The summed E-state index contributed by atoms with van der Waals surface area (Å²) in [7, 11) is 0. The molecule has 6 heteroatoms. The maximum Gasteiger partial charge on any atom is 0.306 e. The SMILES string of the molecule is CC/C=C\C/C=C\C/C=C\C/C=C\C/C=C\C/C=C\C/C=C\C/C=C\CCCCCCC(=O)OCC(COC(=O)CCCCCCCCCC)OC(=O)CCCCCCCCCCCCCC. The zero-order chi connectivity index (χ0) is 48.6. The maximum atomic E-state index is 12.8. The Labute approximate surface area is 413 Å². The topological polar surface area (TPSA) is 78.9 Å². The normalized spacial score (nSPS) is 12.8. The molecule has 0 aromatic heterocycles. The van der Waals surface area contributed by atoms with Crippen molar-refractivity contribution in [2.75, 3.05) is 13.2 Å². The fourth-order valence-corrected chi connectivity index (χ4v) is 7.46. The van der Waals surface area contributed by atoms with Crippen LogP contribution in [0.5, 0.6) is 0 Å². The Morgan fingerprint density at radius 3 is 0.910 bits per heavy atom. The second-order valence-electron chi connectivity index (χ2n) is 18.1. The number of carbonyl (C=O) groups excluding carboxylic acids is 3. The highest BCUT2D eigenvalue weighted by Crippen LogP contribution is 2.15. The van der Waals surface area contributed by atoms with Crippen LogP contribution in [-0.4, -0.2) is 37.2 Å². The van der Waals surface area contributed by atoms with Gasteiger partial charge in [0.1, 0.15) is 13.2 Å². The van der Waals surface area contributed by atoms with Crippen LogP contribution in [0.3, 0.4) is 0 Å². The van der Waals surface area contributed by atoms with E-state index in [1.807, 2.05) is 0 Å². The van der Waals surface area contributed by atoms with Crippen molar-refractivity contribution in [2.45, 2.75) is 258 Å². The Balaban J connectivity index is 4.24. The molecule has 0 aromatic rings. The molecule has 1 unspecified atom stereocenters. The number of esters is 3. The van der Waals surface area contributed by atoms with Gasteiger partial charge in [-0.1, -0.05) is 246 Å². The highest BCUT2D eigenvalue weighted by atomic mass is 16.6. The largest absolute Gasteiger partial charge is 0.462 e. The van der Waals surface area contributed by atoms with E-state index in [9.17, 15) is 14.4 Å². The molecular formula is C61H102O6. The Bertz CT molecular complexity index is 1350. The van der Waals surface area contributed by atoms with E-state index >= 15 is 0 Å². The number of unbranched alkanes of at least 4 members (excludes halogenated alkanes) is 22. The molecule has 0 rings (SSSR count). The minimum Gasteiger partial charge on any atom is -0.462 e. The van der Waals surface area contributed by atoms with Gasteiger partial charge >= 0.3 is 17.9 Å². The quantitative estimate of drug-likeness (QED) is 0.0262. The molecule has 0 N–H and O–H groups in total. The van der Waals surface area contributed by atoms with Gasteiger partial charge in [-0.05, 0) is 83.5 Å². The number of allylic oxidation sites excluding steroid dienone is 16. The van der Waals surface area contributed by atoms with Crippen LogP contribution in [0.1, 0.15) is 252 Å². The predicted octanol–water partition coefficient (Wildman–Crippen LogP) is 18.5. The van der Waals surface area contributed by atoms with E-state index < -0.39 is 6.10 Å². The molecule has 0 bridgehead atoms. The van der Waals surface area contributed by atoms with Crippen LogP contribution in [0.4, 0.5) is 0 Å². The standard InChI is InChI=1S/C61H102O6/c1-4-7-10-13-16-19-21-23-24-25-26-27-28-29-30-31-32-33-34-35-36-37-38-39-41-42-45-48-51-54-60(63)66-57-58(56-65-59(62)53-50-47-44-18-15-12-9-6-3)67-61(64)55-52-49-46-43-40-22-20-17-14-11-8-5-2/h7,10,16,19,23-24,26-27,29-30,32-33,35-36,38-39,58H,4-6,8-9,11-15,17-18,20-22,25,28,31,34,37,40-57H2,1-3H3/b10-7-,19-16-,24-23-,27-26-,30-29-,33-32-,36-35-,39-38-. The second kappa shape index (κ2) is 54.9. The van der Waals surface area contributed by atoms with Gasteiger partial charge in [-0.25, -0.2) is 0 Å². The molecule has 0 aliphatic heterocycles. The van der Waals surface area contributed by atoms with Crippen molar-refractivity contribution >= 4 is 17.9 Å². The fourth-order valence-electron chi connectivity index (χ4n) is 7.46. The van der Waals surface area contributed by atoms with Crippen LogP contribution < -0.4 is 0 Å². The third-order valence-corrected chi connectivity index (χ3v) is 11.6. The summed E-state index contributed by atoms with van der Waals surface area (Å²) in [5, 5.41) is 0. The van der Waals surface area contributed by atoms with Gasteiger partial charge in [-0.2, -0.15) is 0 Å². The van der Waals surface area contributed by atoms with Crippen LogP contribution in [0.25, 0.3) is 0 Å². The van der Waals surface area contributed by atoms with Crippen molar-refractivity contribution in [2.24, 2.45) is 0 Å². The second-order valence-corrected chi connectivity index (χ2v) is 18.1. The van der Waals surface area contributed by atoms with E-state index in [0.29, 0.717) is 19.3 Å². The summed E-state index contributed by atoms with van der Waals surface area (Å²) in [6.07, 6.45) is 72.7. The monoisotopic (exact) mass is 931 g/mol. The first kappa shape index (κ1) is 63.3. The van der Waals surface area contributed by atoms with Gasteiger partial charge in [0.05, 0.1) is 0 Å². The molecule has 0 amide bonds. The summed E-state index contributed by atoms with van der Waals surface area (Å²) in [4.78, 5) is 37.9. The van der Waals surface area contributed by atoms with Crippen molar-refractivity contribution in [3.05, 3.63) is 97.2 Å². The molecule has 0 heterocycles. The van der Waals surface area contributed by atoms with E-state index in [2.05, 4.69) is 118 Å². The summed E-state index contributed by atoms with van der Waals surface area (Å²) in [6, 6.07) is 0. The molecule has 0 aliphatic rings. The molecule has 6 nitrogen and oxygen atoms in total.